The molecule has 3 rings (SSSR count). The number of nitrogens with zero attached hydrogens (tertiary/aromatic N) is 2. The highest BCUT2D eigenvalue weighted by molar-refractivity contribution is 9.10. The molecule has 130 valence electrons. The molecule has 0 fully saturated rings. The molecule has 0 aliphatic heterocycles. The molecule has 0 aliphatic carbocycles. The molecule has 2 aromatic heterocycles. The van der Waals surface area contributed by atoms with E-state index in [1.54, 1.807) is 6.92 Å². The van der Waals surface area contributed by atoms with Crippen LogP contribution in [0.4, 0.5) is 0 Å². The number of carbonyl (C=O) groups excluding carboxylic acids is 1. The number of benzene rings is 1. The van der Waals surface area contributed by atoms with Gasteiger partial charge in [-0.2, -0.15) is 0 Å². The van der Waals surface area contributed by atoms with Crippen LogP contribution in [0.5, 0.6) is 0 Å². The third kappa shape index (κ3) is 3.52. The first kappa shape index (κ1) is 17.8. The lowest BCUT2D eigenvalue weighted by atomic mass is 10.0. The van der Waals surface area contributed by atoms with Crippen molar-refractivity contribution < 1.29 is 9.53 Å². The molecule has 0 atom stereocenters. The molecule has 1 aromatic carbocycles. The Balaban J connectivity index is 2.19. The van der Waals surface area contributed by atoms with E-state index in [-0.39, 0.29) is 18.7 Å². The molecule has 7 heteroatoms. The van der Waals surface area contributed by atoms with E-state index in [4.69, 9.17) is 4.74 Å². The number of hydrogen-bond donors (Lipinski definition) is 0. The zero-order valence-electron chi connectivity index (χ0n) is 13.9. The highest BCUT2D eigenvalue weighted by Crippen LogP contribution is 2.36. The number of fused-ring (bicyclic) bond motifs is 1. The van der Waals surface area contributed by atoms with Crippen molar-refractivity contribution in [2.75, 3.05) is 6.61 Å². The van der Waals surface area contributed by atoms with Crippen LogP contribution in [0.1, 0.15) is 18.7 Å². The van der Waals surface area contributed by atoms with Gasteiger partial charge in [-0.1, -0.05) is 35.0 Å². The molecule has 0 bridgehead atoms. The largest absolute Gasteiger partial charge is 0.465 e. The minimum atomic E-state index is -0.443. The first-order chi connectivity index (χ1) is 12.0. The SMILES string of the molecule is CCOC(=O)Cn1cnc2sc(CC)c(-c3ccc(Br)cc3)c2c1=O. The summed E-state index contributed by atoms with van der Waals surface area (Å²) in [7, 11) is 0. The second kappa shape index (κ2) is 7.49. The van der Waals surface area contributed by atoms with Crippen molar-refractivity contribution in [1.29, 1.82) is 0 Å². The standard InChI is InChI=1S/C18H17BrN2O3S/c1-3-13-15(11-5-7-12(19)8-6-11)16-17(25-13)20-10-21(18(16)23)9-14(22)24-4-2/h5-8,10H,3-4,9H2,1-2H3. The van der Waals surface area contributed by atoms with Crippen molar-refractivity contribution in [3.05, 3.63) is 50.3 Å². The number of aryl methyl sites for hydroxylation is 1. The average molecular weight is 421 g/mol. The normalized spacial score (nSPS) is 11.0. The summed E-state index contributed by atoms with van der Waals surface area (Å²) in [5.41, 5.74) is 1.66. The number of rotatable bonds is 5. The Hall–Kier alpha value is -1.99. The van der Waals surface area contributed by atoms with Gasteiger partial charge in [0.15, 0.2) is 0 Å². The van der Waals surface area contributed by atoms with E-state index in [1.165, 1.54) is 22.2 Å². The maximum Gasteiger partial charge on any atom is 0.326 e. The first-order valence-corrected chi connectivity index (χ1v) is 9.58. The quantitative estimate of drug-likeness (QED) is 0.584. The summed E-state index contributed by atoms with van der Waals surface area (Å²) < 4.78 is 7.23. The van der Waals surface area contributed by atoms with Crippen molar-refractivity contribution in [3.63, 3.8) is 0 Å². The van der Waals surface area contributed by atoms with E-state index in [1.807, 2.05) is 24.3 Å². The third-order valence-electron chi connectivity index (χ3n) is 3.81. The van der Waals surface area contributed by atoms with Gasteiger partial charge in [0.25, 0.3) is 5.56 Å². The third-order valence-corrected chi connectivity index (χ3v) is 5.58. The predicted octanol–water partition coefficient (Wildman–Crippen LogP) is 4.01. The summed E-state index contributed by atoms with van der Waals surface area (Å²) in [5.74, 6) is -0.443. The molecule has 0 N–H and O–H groups in total. The Morgan fingerprint density at radius 3 is 2.64 bits per heavy atom. The maximum atomic E-state index is 13.0. The first-order valence-electron chi connectivity index (χ1n) is 7.97. The van der Waals surface area contributed by atoms with Gasteiger partial charge in [-0.25, -0.2) is 4.98 Å². The molecule has 0 radical (unpaired) electrons. The lowest BCUT2D eigenvalue weighted by Crippen LogP contribution is -2.25. The van der Waals surface area contributed by atoms with Gasteiger partial charge < -0.3 is 4.74 Å². The molecule has 2 heterocycles. The van der Waals surface area contributed by atoms with E-state index in [2.05, 4.69) is 27.8 Å². The Morgan fingerprint density at radius 1 is 1.28 bits per heavy atom. The summed E-state index contributed by atoms with van der Waals surface area (Å²) in [6, 6.07) is 7.86. The Morgan fingerprint density at radius 2 is 2.00 bits per heavy atom. The Labute approximate surface area is 157 Å². The van der Waals surface area contributed by atoms with Crippen molar-refractivity contribution in [3.8, 4) is 11.1 Å². The van der Waals surface area contributed by atoms with Gasteiger partial charge in [-0.05, 0) is 31.0 Å². The van der Waals surface area contributed by atoms with Crippen LogP contribution in [0.15, 0.2) is 39.9 Å². The van der Waals surface area contributed by atoms with Gasteiger partial charge in [0.2, 0.25) is 0 Å². The number of hydrogen-bond acceptors (Lipinski definition) is 5. The van der Waals surface area contributed by atoms with E-state index < -0.39 is 5.97 Å². The molecule has 0 spiro atoms. The highest BCUT2D eigenvalue weighted by atomic mass is 79.9. The molecule has 0 unspecified atom stereocenters. The Kier molecular flexibility index (Phi) is 5.34. The smallest absolute Gasteiger partial charge is 0.326 e. The van der Waals surface area contributed by atoms with Crippen molar-refractivity contribution >= 4 is 43.5 Å². The van der Waals surface area contributed by atoms with E-state index in [9.17, 15) is 9.59 Å². The minimum absolute atomic E-state index is 0.132. The van der Waals surface area contributed by atoms with Gasteiger partial charge in [0, 0.05) is 14.9 Å². The number of aromatic nitrogens is 2. The fourth-order valence-electron chi connectivity index (χ4n) is 2.70. The summed E-state index contributed by atoms with van der Waals surface area (Å²) in [6.07, 6.45) is 2.23. The van der Waals surface area contributed by atoms with E-state index >= 15 is 0 Å². The van der Waals surface area contributed by atoms with Gasteiger partial charge in [-0.3, -0.25) is 14.2 Å². The molecular weight excluding hydrogens is 404 g/mol. The molecule has 3 aromatic rings. The second-order valence-electron chi connectivity index (χ2n) is 5.42. The molecule has 0 amide bonds. The van der Waals surface area contributed by atoms with Crippen molar-refractivity contribution in [2.45, 2.75) is 26.8 Å². The van der Waals surface area contributed by atoms with Gasteiger partial charge in [0.1, 0.15) is 11.4 Å². The van der Waals surface area contributed by atoms with Crippen LogP contribution >= 0.6 is 27.3 Å². The Bertz CT molecular complexity index is 976. The number of ether oxygens (including phenoxy) is 1. The fourth-order valence-corrected chi connectivity index (χ4v) is 4.06. The number of carbonyl (C=O) groups is 1. The molecule has 25 heavy (non-hydrogen) atoms. The van der Waals surface area contributed by atoms with Crippen LogP contribution in [-0.4, -0.2) is 22.1 Å². The summed E-state index contributed by atoms with van der Waals surface area (Å²) in [5, 5.41) is 0.566. The minimum Gasteiger partial charge on any atom is -0.465 e. The van der Waals surface area contributed by atoms with Crippen LogP contribution in [-0.2, 0) is 22.5 Å². The monoisotopic (exact) mass is 420 g/mol. The molecule has 5 nitrogen and oxygen atoms in total. The second-order valence-corrected chi connectivity index (χ2v) is 7.42. The molecule has 0 saturated heterocycles. The summed E-state index contributed by atoms with van der Waals surface area (Å²) in [4.78, 5) is 30.9. The van der Waals surface area contributed by atoms with Crippen LogP contribution < -0.4 is 5.56 Å². The van der Waals surface area contributed by atoms with Crippen LogP contribution in [0.25, 0.3) is 21.3 Å². The predicted molar refractivity (Wildman–Crippen MR) is 103 cm³/mol. The molecular formula is C18H17BrN2O3S. The zero-order chi connectivity index (χ0) is 18.0. The van der Waals surface area contributed by atoms with Crippen LogP contribution in [0.3, 0.4) is 0 Å². The van der Waals surface area contributed by atoms with Crippen molar-refractivity contribution in [2.24, 2.45) is 0 Å². The van der Waals surface area contributed by atoms with Crippen LogP contribution in [0, 0.1) is 0 Å². The lowest BCUT2D eigenvalue weighted by molar-refractivity contribution is -0.143. The number of esters is 1. The topological polar surface area (TPSA) is 61.2 Å². The zero-order valence-corrected chi connectivity index (χ0v) is 16.3. The van der Waals surface area contributed by atoms with Gasteiger partial charge >= 0.3 is 5.97 Å². The summed E-state index contributed by atoms with van der Waals surface area (Å²) in [6.45, 7) is 3.95. The van der Waals surface area contributed by atoms with Crippen molar-refractivity contribution in [1.82, 2.24) is 9.55 Å². The maximum absolute atomic E-state index is 13.0. The average Bonchev–Trinajstić information content (AvgIpc) is 2.98. The van der Waals surface area contributed by atoms with E-state index in [0.717, 1.165) is 26.9 Å². The number of thiophene rings is 1. The van der Waals surface area contributed by atoms with Crippen LogP contribution in [0.2, 0.25) is 0 Å². The van der Waals surface area contributed by atoms with Gasteiger partial charge in [0.05, 0.1) is 18.3 Å². The molecule has 0 aliphatic rings. The van der Waals surface area contributed by atoms with Gasteiger partial charge in [-0.15, -0.1) is 11.3 Å². The number of halogens is 1. The fraction of sp³-hybridized carbons (Fsp3) is 0.278. The molecule has 0 saturated carbocycles. The summed E-state index contributed by atoms with van der Waals surface area (Å²) >= 11 is 4.96. The van der Waals surface area contributed by atoms with E-state index in [0.29, 0.717) is 10.2 Å². The lowest BCUT2D eigenvalue weighted by Gasteiger charge is -2.07. The highest BCUT2D eigenvalue weighted by Gasteiger charge is 2.19.